The third-order valence-corrected chi connectivity index (χ3v) is 16.0. The lowest BCUT2D eigenvalue weighted by Crippen LogP contribution is -2.44. The van der Waals surface area contributed by atoms with Crippen molar-refractivity contribution in [1.82, 2.24) is 10.3 Å². The van der Waals surface area contributed by atoms with Gasteiger partial charge in [-0.1, -0.05) is 24.3 Å². The summed E-state index contributed by atoms with van der Waals surface area (Å²) in [6.45, 7) is 0.0758. The van der Waals surface area contributed by atoms with Crippen LogP contribution in [0.1, 0.15) is 135 Å². The van der Waals surface area contributed by atoms with Gasteiger partial charge in [0.25, 0.3) is 0 Å². The summed E-state index contributed by atoms with van der Waals surface area (Å²) < 4.78 is 19.5. The van der Waals surface area contributed by atoms with Crippen LogP contribution in [-0.2, 0) is 17.8 Å². The van der Waals surface area contributed by atoms with E-state index in [0.717, 1.165) is 69.1 Å². The first-order valence-corrected chi connectivity index (χ1v) is 22.8. The van der Waals surface area contributed by atoms with E-state index in [1.54, 1.807) is 0 Å². The molecular formula is C49H66N2O9. The highest BCUT2D eigenvalue weighted by Gasteiger charge is 2.48. The second kappa shape index (κ2) is 17.3. The van der Waals surface area contributed by atoms with Crippen molar-refractivity contribution < 1.29 is 44.8 Å². The fourth-order valence-electron chi connectivity index (χ4n) is 12.9. The average molecular weight is 827 g/mol. The van der Waals surface area contributed by atoms with Crippen LogP contribution in [0.4, 0.5) is 0 Å². The van der Waals surface area contributed by atoms with Crippen LogP contribution < -0.4 is 14.8 Å². The fraction of sp³-hybridized carbons (Fsp3) is 0.633. The lowest BCUT2D eigenvalue weighted by molar-refractivity contribution is -0.154. The highest BCUT2D eigenvalue weighted by Crippen LogP contribution is 2.56. The molecule has 326 valence electrons. The molecule has 0 amide bonds. The van der Waals surface area contributed by atoms with Gasteiger partial charge in [0.2, 0.25) is 5.75 Å². The van der Waals surface area contributed by atoms with E-state index < -0.39 is 42.0 Å². The van der Waals surface area contributed by atoms with Crippen molar-refractivity contribution in [3.8, 4) is 23.0 Å². The van der Waals surface area contributed by atoms with Gasteiger partial charge in [0.15, 0.2) is 11.5 Å². The smallest absolute Gasteiger partial charge is 0.201 e. The molecule has 4 fully saturated rings. The highest BCUT2D eigenvalue weighted by molar-refractivity contribution is 5.64. The standard InChI is InChI=1S/C49H66N2O9/c1-50-32-6-9-33-31(20-32)4-8-35-39(53)12-16-49(57)15-11-27(24-49)14-18-59-41-10-5-29(21-36(41)44(33)35)30-3-7-34-40(54)23-43(60-42(34)22-30)45-37(19-28-13-17-51-25-28)48(58-2)47(56)46(55)38(45)26-52/h5-6,9-10,13,17,21,25,27,30-35,39-40,42-44,50-57H,3-4,7-8,11-12,14-16,18-20,22-24,26H2,1-2H3. The minimum atomic E-state index is -0.706. The summed E-state index contributed by atoms with van der Waals surface area (Å²) in [5.41, 5.74) is 3.96. The number of aromatic hydroxyl groups is 2. The zero-order chi connectivity index (χ0) is 41.7. The minimum absolute atomic E-state index is 0.0365. The molecule has 3 heterocycles. The zero-order valence-electron chi connectivity index (χ0n) is 35.3. The summed E-state index contributed by atoms with van der Waals surface area (Å²) in [6.07, 6.45) is 17.1. The van der Waals surface area contributed by atoms with Gasteiger partial charge in [-0.3, -0.25) is 0 Å². The van der Waals surface area contributed by atoms with Crippen molar-refractivity contribution in [3.63, 3.8) is 0 Å². The Morgan fingerprint density at radius 3 is 2.52 bits per heavy atom. The topological polar surface area (TPSA) is 177 Å². The van der Waals surface area contributed by atoms with Crippen molar-refractivity contribution in [3.05, 3.63) is 82.2 Å². The van der Waals surface area contributed by atoms with Crippen LogP contribution in [0.2, 0.25) is 0 Å². The number of rotatable bonds is 7. The number of aliphatic hydroxyl groups excluding tert-OH is 3. The number of methoxy groups -OCH3 is 1. The Bertz CT molecular complexity index is 2000. The molecule has 8 N–H and O–H groups in total. The van der Waals surface area contributed by atoms with Gasteiger partial charge >= 0.3 is 0 Å². The second-order valence-electron chi connectivity index (χ2n) is 19.3. The van der Waals surface area contributed by atoms with Crippen LogP contribution in [0.5, 0.6) is 23.0 Å². The third-order valence-electron chi connectivity index (χ3n) is 16.0. The molecule has 13 unspecified atom stereocenters. The summed E-state index contributed by atoms with van der Waals surface area (Å²) in [5.74, 6) is 1.52. The van der Waals surface area contributed by atoms with Gasteiger partial charge in [0.1, 0.15) is 5.75 Å². The molecule has 3 saturated carbocycles. The number of aliphatic hydroxyl groups is 4. The van der Waals surface area contributed by atoms with E-state index in [0.29, 0.717) is 61.3 Å². The number of likely N-dealkylation sites (N-methyl/N-ethyl adjacent to an activating group) is 1. The molecule has 2 aromatic carbocycles. The quantitative estimate of drug-likeness (QED) is 0.0913. The fourth-order valence-corrected chi connectivity index (χ4v) is 12.9. The molecule has 11 heteroatoms. The van der Waals surface area contributed by atoms with Crippen molar-refractivity contribution in [2.75, 3.05) is 20.8 Å². The SMILES string of the molecule is CNC1C=CC2C(CCC3C(O)CCC4(O)CCC(CCOc5ccc(C6CCC7C(O)CC(c8c(CO)c(O)c(O)c(OC)c8Cc8cc[nH]c8)OC7C6)cc5C23)C4)C1. The molecule has 1 aromatic heterocycles. The Morgan fingerprint density at radius 2 is 1.73 bits per heavy atom. The number of ether oxygens (including phenoxy) is 3. The lowest BCUT2D eigenvalue weighted by atomic mass is 9.59. The van der Waals surface area contributed by atoms with E-state index in [1.807, 2.05) is 25.5 Å². The molecule has 6 aliphatic rings. The Balaban J connectivity index is 1.05. The molecule has 3 aromatic rings. The number of H-pyrrole nitrogens is 1. The molecule has 4 aliphatic carbocycles. The molecule has 2 bridgehead atoms. The number of aromatic amines is 1. The maximum atomic E-state index is 12.1. The number of hydrogen-bond donors (Lipinski definition) is 8. The second-order valence-corrected chi connectivity index (χ2v) is 19.3. The van der Waals surface area contributed by atoms with Gasteiger partial charge in [-0.2, -0.15) is 0 Å². The van der Waals surface area contributed by atoms with E-state index >= 15 is 0 Å². The van der Waals surface area contributed by atoms with Gasteiger partial charge in [-0.15, -0.1) is 0 Å². The monoisotopic (exact) mass is 826 g/mol. The highest BCUT2D eigenvalue weighted by atomic mass is 16.5. The Hall–Kier alpha value is -3.58. The van der Waals surface area contributed by atoms with Crippen molar-refractivity contribution >= 4 is 0 Å². The Kier molecular flexibility index (Phi) is 12.0. The van der Waals surface area contributed by atoms with E-state index in [9.17, 15) is 30.6 Å². The first-order chi connectivity index (χ1) is 29.1. The molecule has 60 heavy (non-hydrogen) atoms. The molecule has 11 nitrogen and oxygen atoms in total. The molecule has 13 atom stereocenters. The predicted octanol–water partition coefficient (Wildman–Crippen LogP) is 7.02. The molecule has 9 rings (SSSR count). The largest absolute Gasteiger partial charge is 0.504 e. The summed E-state index contributed by atoms with van der Waals surface area (Å²) in [7, 11) is 3.48. The number of nitrogens with one attached hydrogen (secondary N) is 2. The average Bonchev–Trinajstić information content (AvgIpc) is 3.92. The van der Waals surface area contributed by atoms with Crippen LogP contribution in [0.25, 0.3) is 0 Å². The maximum absolute atomic E-state index is 12.1. The maximum Gasteiger partial charge on any atom is 0.201 e. The molecule has 1 saturated heterocycles. The van der Waals surface area contributed by atoms with E-state index in [2.05, 4.69) is 40.7 Å². The summed E-state index contributed by atoms with van der Waals surface area (Å²) in [6, 6.07) is 9.03. The van der Waals surface area contributed by atoms with Gasteiger partial charge in [0.05, 0.1) is 50.3 Å². The number of allylic oxidation sites excluding steroid dienone is 1. The first-order valence-electron chi connectivity index (χ1n) is 22.8. The summed E-state index contributed by atoms with van der Waals surface area (Å²) in [5, 5.41) is 71.7. The molecule has 0 spiro atoms. The van der Waals surface area contributed by atoms with Crippen LogP contribution in [-0.4, -0.2) is 86.3 Å². The van der Waals surface area contributed by atoms with Gasteiger partial charge < -0.3 is 55.2 Å². The summed E-state index contributed by atoms with van der Waals surface area (Å²) >= 11 is 0. The number of aromatic nitrogens is 1. The van der Waals surface area contributed by atoms with E-state index in [1.165, 1.54) is 18.2 Å². The minimum Gasteiger partial charge on any atom is -0.504 e. The normalized spacial score (nSPS) is 36.6. The molecule has 0 radical (unpaired) electrons. The number of phenolic OH excluding ortho intramolecular Hbond substituents is 1. The van der Waals surface area contributed by atoms with Gasteiger partial charge in [-0.05, 0) is 154 Å². The number of fused-ring (bicyclic) bond motifs is 8. The molecule has 2 aliphatic heterocycles. The third kappa shape index (κ3) is 7.88. The molecular weight excluding hydrogens is 761 g/mol. The van der Waals surface area contributed by atoms with Gasteiger partial charge in [0, 0.05) is 48.3 Å². The lowest BCUT2D eigenvalue weighted by Gasteiger charge is -2.47. The number of phenols is 2. The number of hydrogen-bond acceptors (Lipinski definition) is 10. The van der Waals surface area contributed by atoms with Crippen molar-refractivity contribution in [2.24, 2.45) is 29.6 Å². The van der Waals surface area contributed by atoms with Crippen molar-refractivity contribution in [1.29, 1.82) is 0 Å². The van der Waals surface area contributed by atoms with E-state index in [4.69, 9.17) is 14.2 Å². The number of benzene rings is 2. The Morgan fingerprint density at radius 1 is 0.900 bits per heavy atom. The first kappa shape index (κ1) is 41.8. The Labute approximate surface area is 354 Å². The van der Waals surface area contributed by atoms with E-state index in [-0.39, 0.29) is 53.4 Å². The van der Waals surface area contributed by atoms with Crippen LogP contribution in [0.3, 0.4) is 0 Å². The van der Waals surface area contributed by atoms with Gasteiger partial charge in [-0.25, -0.2) is 0 Å². The van der Waals surface area contributed by atoms with Crippen molar-refractivity contribution in [2.45, 2.75) is 144 Å². The van der Waals surface area contributed by atoms with Crippen LogP contribution in [0.15, 0.2) is 48.8 Å². The predicted molar refractivity (Wildman–Crippen MR) is 227 cm³/mol. The van der Waals surface area contributed by atoms with Crippen LogP contribution in [0, 0.1) is 29.6 Å². The zero-order valence-corrected chi connectivity index (χ0v) is 35.3. The van der Waals surface area contributed by atoms with Crippen LogP contribution >= 0.6 is 0 Å². The summed E-state index contributed by atoms with van der Waals surface area (Å²) in [4.78, 5) is 3.08.